The van der Waals surface area contributed by atoms with Crippen LogP contribution in [0.5, 0.6) is 0 Å². The lowest BCUT2D eigenvalue weighted by Crippen LogP contribution is -2.62. The van der Waals surface area contributed by atoms with Crippen molar-refractivity contribution in [3.8, 4) is 0 Å². The molecule has 0 heterocycles. The first-order valence-corrected chi connectivity index (χ1v) is 23.0. The number of aliphatic hydroxyl groups is 3. The molecular formula is C46H69N11O14. The van der Waals surface area contributed by atoms with Gasteiger partial charge in [0.2, 0.25) is 53.2 Å². The Balaban J connectivity index is 2.34. The van der Waals surface area contributed by atoms with E-state index in [0.717, 1.165) is 0 Å². The molecule has 0 bridgehead atoms. The minimum absolute atomic E-state index is 0.0228. The number of amides is 9. The van der Waals surface area contributed by atoms with E-state index < -0.39 is 146 Å². The molecule has 25 nitrogen and oxygen atoms in total. The molecule has 0 aliphatic carbocycles. The van der Waals surface area contributed by atoms with E-state index in [1.165, 1.54) is 6.92 Å². The van der Waals surface area contributed by atoms with Crippen molar-refractivity contribution in [1.82, 2.24) is 42.5 Å². The number of hydrogen-bond donors (Lipinski definition) is 15. The van der Waals surface area contributed by atoms with Crippen LogP contribution in [0.15, 0.2) is 60.7 Å². The van der Waals surface area contributed by atoms with Gasteiger partial charge in [-0.15, -0.1) is 0 Å². The van der Waals surface area contributed by atoms with Crippen LogP contribution in [-0.4, -0.2) is 160 Å². The predicted octanol–water partition coefficient (Wildman–Crippen LogP) is -5.19. The van der Waals surface area contributed by atoms with Gasteiger partial charge in [-0.25, -0.2) is 0 Å². The summed E-state index contributed by atoms with van der Waals surface area (Å²) in [5, 5.41) is 58.7. The van der Waals surface area contributed by atoms with Crippen LogP contribution in [-0.2, 0) is 60.8 Å². The van der Waals surface area contributed by atoms with Crippen LogP contribution in [0.1, 0.15) is 64.0 Å². The van der Waals surface area contributed by atoms with E-state index in [9.17, 15) is 68.4 Å². The number of carbonyl (C=O) groups is 10. The molecule has 0 saturated heterocycles. The van der Waals surface area contributed by atoms with Crippen molar-refractivity contribution in [2.75, 3.05) is 26.4 Å². The van der Waals surface area contributed by atoms with Crippen molar-refractivity contribution in [3.05, 3.63) is 71.8 Å². The number of carbonyl (C=O) groups excluding carboxylic acids is 9. The molecule has 2 aromatic rings. The van der Waals surface area contributed by atoms with E-state index in [2.05, 4.69) is 42.5 Å². The van der Waals surface area contributed by atoms with Gasteiger partial charge in [-0.1, -0.05) is 80.9 Å². The van der Waals surface area contributed by atoms with Crippen molar-refractivity contribution in [3.63, 3.8) is 0 Å². The average Bonchev–Trinajstić information content (AvgIpc) is 3.34. The van der Waals surface area contributed by atoms with Crippen molar-refractivity contribution < 1.29 is 68.4 Å². The summed E-state index contributed by atoms with van der Waals surface area (Å²) < 4.78 is 0. The minimum Gasteiger partial charge on any atom is -0.481 e. The molecule has 2 aromatic carbocycles. The third kappa shape index (κ3) is 20.8. The zero-order valence-electron chi connectivity index (χ0n) is 39.9. The Bertz CT molecular complexity index is 2100. The Labute approximate surface area is 410 Å². The van der Waals surface area contributed by atoms with Gasteiger partial charge in [-0.05, 0) is 49.8 Å². The van der Waals surface area contributed by atoms with Crippen LogP contribution < -0.4 is 59.7 Å². The Hall–Kier alpha value is -7.06. The minimum atomic E-state index is -1.94. The second kappa shape index (κ2) is 31.2. The molecule has 25 heteroatoms. The maximum absolute atomic E-state index is 13.9. The fourth-order valence-corrected chi connectivity index (χ4v) is 6.74. The fraction of sp³-hybridized carbons (Fsp3) is 0.522. The van der Waals surface area contributed by atoms with Crippen LogP contribution in [0, 0.1) is 5.92 Å². The maximum Gasteiger partial charge on any atom is 0.305 e. The van der Waals surface area contributed by atoms with Gasteiger partial charge >= 0.3 is 5.97 Å². The number of rotatable bonds is 32. The number of aliphatic hydroxyl groups excluding tert-OH is 3. The molecule has 0 radical (unpaired) electrons. The second-order valence-electron chi connectivity index (χ2n) is 16.8. The molecule has 0 aliphatic heterocycles. The van der Waals surface area contributed by atoms with Gasteiger partial charge in [0.1, 0.15) is 48.3 Å². The molecule has 0 spiro atoms. The zero-order valence-corrected chi connectivity index (χ0v) is 39.9. The standard InChI is InChI=1S/C46H69N11O14/c1-4-25(2)37(46(71)54-33(22-58)38(49)63)57-43(68)31(20-28-15-9-6-10-16-28)52-42(67)32(21-36(61)62)53-45(70)35(24-60)55-40(65)29(17-11-12-18-47)50-44(69)34(23-59)56-41(66)30(51-39(64)26(3)48)19-27-13-7-5-8-14-27/h5-10,13-16,25-26,29-35,37,58-60H,4,11-12,17-24,47-48H2,1-3H3,(H2,49,63)(H,50,69)(H,51,64)(H,52,67)(H,53,70)(H,54,71)(H,55,65)(H,56,66)(H,57,68)(H,61,62)/t25-,26-,29-,30-,31-,32-,33-,34-,35-,37-/m0/s1. The number of carboxylic acid groups (broad SMARTS) is 1. The summed E-state index contributed by atoms with van der Waals surface area (Å²) in [6.07, 6.45) is -0.475. The summed E-state index contributed by atoms with van der Waals surface area (Å²) in [5.41, 5.74) is 17.7. The number of primary amides is 1. The number of hydrogen-bond acceptors (Lipinski definition) is 15. The maximum atomic E-state index is 13.9. The van der Waals surface area contributed by atoms with Gasteiger partial charge in [0.05, 0.1) is 32.3 Å². The quantitative estimate of drug-likeness (QED) is 0.0305. The van der Waals surface area contributed by atoms with E-state index in [-0.39, 0.29) is 32.2 Å². The molecule has 0 saturated carbocycles. The molecule has 0 unspecified atom stereocenters. The molecule has 18 N–H and O–H groups in total. The Morgan fingerprint density at radius 1 is 0.507 bits per heavy atom. The van der Waals surface area contributed by atoms with Gasteiger partial charge < -0.3 is 80.2 Å². The number of aliphatic carboxylic acids is 1. The highest BCUT2D eigenvalue weighted by Gasteiger charge is 2.36. The predicted molar refractivity (Wildman–Crippen MR) is 254 cm³/mol. The van der Waals surface area contributed by atoms with E-state index in [1.807, 2.05) is 0 Å². The largest absolute Gasteiger partial charge is 0.481 e. The van der Waals surface area contributed by atoms with Crippen molar-refractivity contribution >= 4 is 59.1 Å². The van der Waals surface area contributed by atoms with E-state index in [4.69, 9.17) is 17.2 Å². The summed E-state index contributed by atoms with van der Waals surface area (Å²) >= 11 is 0. The summed E-state index contributed by atoms with van der Waals surface area (Å²) in [6, 6.07) is 3.23. The summed E-state index contributed by atoms with van der Waals surface area (Å²) in [7, 11) is 0. The summed E-state index contributed by atoms with van der Waals surface area (Å²) in [6.45, 7) is 2.00. The first kappa shape index (κ1) is 60.1. The molecule has 71 heavy (non-hydrogen) atoms. The van der Waals surface area contributed by atoms with Crippen LogP contribution in [0.2, 0.25) is 0 Å². The van der Waals surface area contributed by atoms with E-state index >= 15 is 0 Å². The van der Waals surface area contributed by atoms with E-state index in [0.29, 0.717) is 24.0 Å². The van der Waals surface area contributed by atoms with Gasteiger partial charge in [0, 0.05) is 12.8 Å². The molecule has 0 fully saturated rings. The van der Waals surface area contributed by atoms with Crippen molar-refractivity contribution in [2.45, 2.75) is 120 Å². The van der Waals surface area contributed by atoms with Gasteiger partial charge in [-0.3, -0.25) is 47.9 Å². The molecule has 10 atom stereocenters. The first-order valence-electron chi connectivity index (χ1n) is 23.0. The third-order valence-corrected chi connectivity index (χ3v) is 11.1. The Morgan fingerprint density at radius 2 is 0.887 bits per heavy atom. The lowest BCUT2D eigenvalue weighted by atomic mass is 9.96. The van der Waals surface area contributed by atoms with Crippen LogP contribution in [0.25, 0.3) is 0 Å². The number of benzene rings is 2. The van der Waals surface area contributed by atoms with Crippen LogP contribution in [0.4, 0.5) is 0 Å². The number of carboxylic acids is 1. The highest BCUT2D eigenvalue weighted by atomic mass is 16.4. The molecule has 392 valence electrons. The number of nitrogens with one attached hydrogen (secondary N) is 8. The zero-order chi connectivity index (χ0) is 53.2. The Kier molecular flexibility index (Phi) is 26.4. The molecule has 2 rings (SSSR count). The highest BCUT2D eigenvalue weighted by Crippen LogP contribution is 2.12. The SMILES string of the molecule is CC[C@H](C)[C@H](NC(=O)[C@H](Cc1ccccc1)NC(=O)[C@H](CC(=O)O)NC(=O)[C@H](CO)NC(=O)[C@H](CCCCN)NC(=O)[C@H](CO)NC(=O)[C@H](Cc1ccccc1)NC(=O)[C@H](C)N)C(=O)N[C@@H](CO)C(N)=O. The average molecular weight is 1000 g/mol. The van der Waals surface area contributed by atoms with E-state index in [1.54, 1.807) is 74.5 Å². The normalized spacial score (nSPS) is 15.2. The molecular weight excluding hydrogens is 931 g/mol. The second-order valence-corrected chi connectivity index (χ2v) is 16.8. The molecule has 0 aromatic heterocycles. The molecule has 9 amide bonds. The smallest absolute Gasteiger partial charge is 0.305 e. The number of unbranched alkanes of at least 4 members (excludes halogenated alkanes) is 1. The molecule has 0 aliphatic rings. The lowest BCUT2D eigenvalue weighted by Gasteiger charge is -2.29. The van der Waals surface area contributed by atoms with Crippen LogP contribution in [0.3, 0.4) is 0 Å². The fourth-order valence-electron chi connectivity index (χ4n) is 6.74. The topological polar surface area (TPSA) is 426 Å². The monoisotopic (exact) mass is 1000 g/mol. The van der Waals surface area contributed by atoms with Crippen molar-refractivity contribution in [1.29, 1.82) is 0 Å². The van der Waals surface area contributed by atoms with Gasteiger partial charge in [0.25, 0.3) is 0 Å². The third-order valence-electron chi connectivity index (χ3n) is 11.1. The van der Waals surface area contributed by atoms with Crippen LogP contribution >= 0.6 is 0 Å². The van der Waals surface area contributed by atoms with Gasteiger partial charge in [0.15, 0.2) is 0 Å². The lowest BCUT2D eigenvalue weighted by molar-refractivity contribution is -0.141. The van der Waals surface area contributed by atoms with Crippen molar-refractivity contribution in [2.24, 2.45) is 23.1 Å². The first-order chi connectivity index (χ1) is 33.7. The number of nitrogens with two attached hydrogens (primary N) is 3. The summed E-state index contributed by atoms with van der Waals surface area (Å²) in [4.78, 5) is 132. The highest BCUT2D eigenvalue weighted by molar-refractivity contribution is 5.99. The Morgan fingerprint density at radius 3 is 1.31 bits per heavy atom. The summed E-state index contributed by atoms with van der Waals surface area (Å²) in [5.74, 6) is -11.1. The van der Waals surface area contributed by atoms with Gasteiger partial charge in [-0.2, -0.15) is 0 Å².